The van der Waals surface area contributed by atoms with Gasteiger partial charge in [-0.15, -0.1) is 0 Å². The van der Waals surface area contributed by atoms with E-state index in [1.165, 1.54) is 5.57 Å². The Morgan fingerprint density at radius 3 is 3.00 bits per heavy atom. The van der Waals surface area contributed by atoms with Crippen LogP contribution in [0.5, 0.6) is 0 Å². The Bertz CT molecular complexity index is 372. The Hall–Kier alpha value is -1.35. The molecule has 2 heterocycles. The number of anilines is 1. The number of rotatable bonds is 1. The van der Waals surface area contributed by atoms with E-state index in [4.69, 9.17) is 10.5 Å². The summed E-state index contributed by atoms with van der Waals surface area (Å²) in [4.78, 5) is 4.25. The van der Waals surface area contributed by atoms with Gasteiger partial charge in [-0.3, -0.25) is 4.98 Å². The maximum absolute atomic E-state index is 5.81. The molecular weight excluding hydrogens is 176 g/mol. The van der Waals surface area contributed by atoms with E-state index < -0.39 is 0 Å². The summed E-state index contributed by atoms with van der Waals surface area (Å²) in [6.45, 7) is 3.40. The molecular formula is C11H14N2O. The minimum absolute atomic E-state index is 0.698. The van der Waals surface area contributed by atoms with Crippen LogP contribution >= 0.6 is 0 Å². The number of nitrogen functional groups attached to an aromatic ring is 1. The SMILES string of the molecule is Cc1ncc(C2=CCOCC2)cc1N. The van der Waals surface area contributed by atoms with Crippen LogP contribution in [0, 0.1) is 6.92 Å². The van der Waals surface area contributed by atoms with E-state index in [2.05, 4.69) is 11.1 Å². The Balaban J connectivity index is 2.32. The summed E-state index contributed by atoms with van der Waals surface area (Å²) in [5.74, 6) is 0. The molecule has 3 nitrogen and oxygen atoms in total. The van der Waals surface area contributed by atoms with Crippen molar-refractivity contribution in [1.82, 2.24) is 4.98 Å². The van der Waals surface area contributed by atoms with E-state index in [9.17, 15) is 0 Å². The van der Waals surface area contributed by atoms with Gasteiger partial charge in [-0.05, 0) is 30.5 Å². The average Bonchev–Trinajstić information content (AvgIpc) is 2.23. The first kappa shape index (κ1) is 9.21. The van der Waals surface area contributed by atoms with E-state index in [-0.39, 0.29) is 0 Å². The van der Waals surface area contributed by atoms with E-state index in [0.29, 0.717) is 6.61 Å². The number of hydrogen-bond donors (Lipinski definition) is 1. The maximum Gasteiger partial charge on any atom is 0.0653 e. The third-order valence-electron chi connectivity index (χ3n) is 2.46. The molecule has 0 amide bonds. The summed E-state index contributed by atoms with van der Waals surface area (Å²) in [6.07, 6.45) is 4.92. The van der Waals surface area contributed by atoms with Gasteiger partial charge in [-0.2, -0.15) is 0 Å². The second-order valence-electron chi connectivity index (χ2n) is 3.45. The standard InChI is InChI=1S/C11H14N2O/c1-8-11(12)6-10(7-13-8)9-2-4-14-5-3-9/h2,6-7H,3-5,12H2,1H3. The summed E-state index contributed by atoms with van der Waals surface area (Å²) >= 11 is 0. The van der Waals surface area contributed by atoms with Crippen LogP contribution in [0.3, 0.4) is 0 Å². The number of aromatic nitrogens is 1. The lowest BCUT2D eigenvalue weighted by Gasteiger charge is -2.14. The second-order valence-corrected chi connectivity index (χ2v) is 3.45. The van der Waals surface area contributed by atoms with Crippen LogP contribution in [0.15, 0.2) is 18.3 Å². The summed E-state index contributed by atoms with van der Waals surface area (Å²) < 4.78 is 5.25. The van der Waals surface area contributed by atoms with Crippen LogP contribution in [0.25, 0.3) is 5.57 Å². The van der Waals surface area contributed by atoms with Gasteiger partial charge >= 0.3 is 0 Å². The van der Waals surface area contributed by atoms with Gasteiger partial charge in [-0.1, -0.05) is 6.08 Å². The van der Waals surface area contributed by atoms with Crippen molar-refractivity contribution in [2.75, 3.05) is 18.9 Å². The highest BCUT2D eigenvalue weighted by Gasteiger charge is 2.07. The first-order valence-corrected chi connectivity index (χ1v) is 4.76. The first-order valence-electron chi connectivity index (χ1n) is 4.76. The molecule has 0 fully saturated rings. The number of nitrogens with zero attached hydrogens (tertiary/aromatic N) is 1. The highest BCUT2D eigenvalue weighted by Crippen LogP contribution is 2.22. The quantitative estimate of drug-likeness (QED) is 0.734. The number of pyridine rings is 1. The molecule has 74 valence electrons. The van der Waals surface area contributed by atoms with Crippen molar-refractivity contribution >= 4 is 11.3 Å². The molecule has 2 rings (SSSR count). The molecule has 0 aromatic carbocycles. The fourth-order valence-electron chi connectivity index (χ4n) is 1.51. The number of aryl methyl sites for hydroxylation is 1. The lowest BCUT2D eigenvalue weighted by molar-refractivity contribution is 0.161. The molecule has 0 saturated carbocycles. The molecule has 3 heteroatoms. The first-order chi connectivity index (χ1) is 6.77. The van der Waals surface area contributed by atoms with Gasteiger partial charge in [0.2, 0.25) is 0 Å². The van der Waals surface area contributed by atoms with Crippen LogP contribution in [-0.4, -0.2) is 18.2 Å². The Morgan fingerprint density at radius 2 is 2.36 bits per heavy atom. The molecule has 0 spiro atoms. The number of hydrogen-bond acceptors (Lipinski definition) is 3. The van der Waals surface area contributed by atoms with Crippen molar-refractivity contribution < 1.29 is 4.74 Å². The maximum atomic E-state index is 5.81. The topological polar surface area (TPSA) is 48.1 Å². The second kappa shape index (κ2) is 3.80. The molecule has 0 unspecified atom stereocenters. The van der Waals surface area contributed by atoms with Crippen molar-refractivity contribution in [2.45, 2.75) is 13.3 Å². The van der Waals surface area contributed by atoms with E-state index in [1.807, 2.05) is 19.2 Å². The molecule has 1 aliphatic rings. The van der Waals surface area contributed by atoms with Gasteiger partial charge in [-0.25, -0.2) is 0 Å². The molecule has 0 radical (unpaired) electrons. The molecule has 1 aromatic heterocycles. The number of nitrogens with two attached hydrogens (primary N) is 1. The van der Waals surface area contributed by atoms with Crippen LogP contribution < -0.4 is 5.73 Å². The molecule has 2 N–H and O–H groups in total. The zero-order chi connectivity index (χ0) is 9.97. The van der Waals surface area contributed by atoms with Gasteiger partial charge in [0.15, 0.2) is 0 Å². The lowest BCUT2D eigenvalue weighted by Crippen LogP contribution is -2.04. The van der Waals surface area contributed by atoms with Crippen LogP contribution in [0.4, 0.5) is 5.69 Å². The van der Waals surface area contributed by atoms with Crippen molar-refractivity contribution in [3.63, 3.8) is 0 Å². The predicted molar refractivity (Wildman–Crippen MR) is 56.8 cm³/mol. The van der Waals surface area contributed by atoms with E-state index >= 15 is 0 Å². The molecule has 0 saturated heterocycles. The predicted octanol–water partition coefficient (Wildman–Crippen LogP) is 1.78. The largest absolute Gasteiger partial charge is 0.397 e. The van der Waals surface area contributed by atoms with Crippen molar-refractivity contribution in [3.05, 3.63) is 29.6 Å². The minimum Gasteiger partial charge on any atom is -0.397 e. The zero-order valence-corrected chi connectivity index (χ0v) is 8.29. The van der Waals surface area contributed by atoms with Crippen LogP contribution in [0.2, 0.25) is 0 Å². The van der Waals surface area contributed by atoms with Gasteiger partial charge in [0.05, 0.1) is 24.6 Å². The fraction of sp³-hybridized carbons (Fsp3) is 0.364. The highest BCUT2D eigenvalue weighted by atomic mass is 16.5. The third-order valence-corrected chi connectivity index (χ3v) is 2.46. The van der Waals surface area contributed by atoms with Crippen molar-refractivity contribution in [2.24, 2.45) is 0 Å². The Morgan fingerprint density at radius 1 is 1.50 bits per heavy atom. The molecule has 1 aliphatic heterocycles. The summed E-state index contributed by atoms with van der Waals surface area (Å²) in [7, 11) is 0. The van der Waals surface area contributed by atoms with E-state index in [1.54, 1.807) is 0 Å². The van der Waals surface area contributed by atoms with Crippen molar-refractivity contribution in [3.8, 4) is 0 Å². The Labute approximate surface area is 83.6 Å². The summed E-state index contributed by atoms with van der Waals surface area (Å²) in [6, 6.07) is 1.99. The highest BCUT2D eigenvalue weighted by molar-refractivity contribution is 5.68. The zero-order valence-electron chi connectivity index (χ0n) is 8.29. The smallest absolute Gasteiger partial charge is 0.0653 e. The monoisotopic (exact) mass is 190 g/mol. The van der Waals surface area contributed by atoms with Gasteiger partial charge in [0, 0.05) is 6.20 Å². The number of ether oxygens (including phenoxy) is 1. The van der Waals surface area contributed by atoms with Crippen LogP contribution in [-0.2, 0) is 4.74 Å². The van der Waals surface area contributed by atoms with Gasteiger partial charge in [0.25, 0.3) is 0 Å². The Kier molecular flexibility index (Phi) is 2.50. The third kappa shape index (κ3) is 1.77. The molecule has 0 atom stereocenters. The van der Waals surface area contributed by atoms with Gasteiger partial charge in [0.1, 0.15) is 0 Å². The molecule has 0 bridgehead atoms. The van der Waals surface area contributed by atoms with Crippen molar-refractivity contribution in [1.29, 1.82) is 0 Å². The van der Waals surface area contributed by atoms with Gasteiger partial charge < -0.3 is 10.5 Å². The average molecular weight is 190 g/mol. The minimum atomic E-state index is 0.698. The summed E-state index contributed by atoms with van der Waals surface area (Å²) in [5.41, 5.74) is 9.86. The fourth-order valence-corrected chi connectivity index (χ4v) is 1.51. The van der Waals surface area contributed by atoms with E-state index in [0.717, 1.165) is 30.0 Å². The molecule has 0 aliphatic carbocycles. The lowest BCUT2D eigenvalue weighted by atomic mass is 10.0. The molecule has 1 aromatic rings. The summed E-state index contributed by atoms with van der Waals surface area (Å²) in [5, 5.41) is 0. The molecule has 14 heavy (non-hydrogen) atoms. The van der Waals surface area contributed by atoms with Crippen LogP contribution in [0.1, 0.15) is 17.7 Å². The normalized spacial score (nSPS) is 16.5.